The van der Waals surface area contributed by atoms with E-state index in [4.69, 9.17) is 21.2 Å². The van der Waals surface area contributed by atoms with E-state index in [1.807, 2.05) is 0 Å². The van der Waals surface area contributed by atoms with Crippen LogP contribution in [0.15, 0.2) is 48.0 Å². The van der Waals surface area contributed by atoms with Crippen LogP contribution in [0.4, 0.5) is 13.2 Å². The van der Waals surface area contributed by atoms with E-state index in [1.54, 1.807) is 24.3 Å². The van der Waals surface area contributed by atoms with Crippen LogP contribution in [0.3, 0.4) is 0 Å². The Balaban J connectivity index is 1.67. The molecule has 0 bridgehead atoms. The summed E-state index contributed by atoms with van der Waals surface area (Å²) < 4.78 is 50.1. The molecule has 1 N–H and O–H groups in total. The average Bonchev–Trinajstić information content (AvgIpc) is 3.57. The van der Waals surface area contributed by atoms with Gasteiger partial charge in [-0.2, -0.15) is 18.3 Å². The maximum absolute atomic E-state index is 14.4. The third kappa shape index (κ3) is 7.40. The number of aryl methyl sites for hydroxylation is 1. The van der Waals surface area contributed by atoms with Gasteiger partial charge in [-0.1, -0.05) is 42.7 Å². The lowest BCUT2D eigenvalue weighted by Gasteiger charge is -2.21. The van der Waals surface area contributed by atoms with Gasteiger partial charge in [-0.3, -0.25) is 4.68 Å². The number of halogens is 4. The van der Waals surface area contributed by atoms with Gasteiger partial charge in [0.2, 0.25) is 0 Å². The summed E-state index contributed by atoms with van der Waals surface area (Å²) in [5.74, 6) is -0.268. The van der Waals surface area contributed by atoms with Crippen molar-refractivity contribution in [3.05, 3.63) is 70.5 Å². The Morgan fingerprint density at radius 2 is 1.83 bits per heavy atom. The molecule has 0 fully saturated rings. The van der Waals surface area contributed by atoms with Gasteiger partial charge in [0.15, 0.2) is 6.10 Å². The van der Waals surface area contributed by atoms with Gasteiger partial charge < -0.3 is 19.6 Å². The topological polar surface area (TPSA) is 97.9 Å². The van der Waals surface area contributed by atoms with Crippen LogP contribution in [0, 0.1) is 0 Å². The highest BCUT2D eigenvalue weighted by Gasteiger charge is 2.47. The molecule has 0 spiro atoms. The molecule has 228 valence electrons. The van der Waals surface area contributed by atoms with E-state index >= 15 is 0 Å². The highest BCUT2D eigenvalue weighted by Crippen LogP contribution is 2.46. The number of aliphatic hydroxyl groups is 1. The SMILES string of the molecule is CCN(CC)CCCOc1cccc(C2=NOC(c3cnn(CCC(C)(C)O)c3C(F)(F)F)[C@H]2c2ncccn2)c1Cl. The van der Waals surface area contributed by atoms with Gasteiger partial charge in [-0.25, -0.2) is 9.97 Å². The highest BCUT2D eigenvalue weighted by molar-refractivity contribution is 6.36. The molecule has 4 rings (SSSR count). The van der Waals surface area contributed by atoms with Crippen molar-refractivity contribution in [2.75, 3.05) is 26.2 Å². The van der Waals surface area contributed by atoms with Crippen molar-refractivity contribution in [2.45, 2.75) is 70.9 Å². The van der Waals surface area contributed by atoms with Crippen molar-refractivity contribution in [2.24, 2.45) is 5.16 Å². The average molecular weight is 609 g/mol. The summed E-state index contributed by atoms with van der Waals surface area (Å²) in [5, 5.41) is 18.6. The summed E-state index contributed by atoms with van der Waals surface area (Å²) in [6, 6.07) is 6.80. The van der Waals surface area contributed by atoms with Gasteiger partial charge in [0, 0.05) is 36.6 Å². The summed E-state index contributed by atoms with van der Waals surface area (Å²) in [7, 11) is 0. The van der Waals surface area contributed by atoms with Crippen LogP contribution in [0.2, 0.25) is 5.02 Å². The molecule has 9 nitrogen and oxygen atoms in total. The molecule has 0 aliphatic carbocycles. The summed E-state index contributed by atoms with van der Waals surface area (Å²) in [6.07, 6.45) is -0.989. The van der Waals surface area contributed by atoms with Gasteiger partial charge in [0.05, 0.1) is 23.4 Å². The Morgan fingerprint density at radius 3 is 2.48 bits per heavy atom. The van der Waals surface area contributed by atoms with Crippen LogP contribution in [-0.2, 0) is 17.6 Å². The zero-order valence-electron chi connectivity index (χ0n) is 24.1. The van der Waals surface area contributed by atoms with Crippen molar-refractivity contribution in [1.29, 1.82) is 0 Å². The molecule has 1 aromatic carbocycles. The summed E-state index contributed by atoms with van der Waals surface area (Å²) in [5.41, 5.74) is -1.65. The molecule has 1 aliphatic rings. The van der Waals surface area contributed by atoms with E-state index in [2.05, 4.69) is 39.0 Å². The summed E-state index contributed by atoms with van der Waals surface area (Å²) in [6.45, 7) is 10.3. The fourth-order valence-corrected chi connectivity index (χ4v) is 5.13. The smallest absolute Gasteiger partial charge is 0.433 e. The lowest BCUT2D eigenvalue weighted by atomic mass is 9.87. The molecule has 0 saturated carbocycles. The molecule has 13 heteroatoms. The molecule has 3 aromatic rings. The standard InChI is InChI=1S/C29H36ClF3N6O3/c1-5-38(6-2)15-9-17-41-21-11-7-10-19(23(21)30)24-22(27-34-13-8-14-35-27)25(42-37-24)20-18-36-39(16-12-28(3,4)40)26(20)29(31,32)33/h7-8,10-11,13-14,18,22,25,40H,5-6,9,12,15-17H2,1-4H3/t22-,25?/m0/s1. The maximum atomic E-state index is 14.4. The van der Waals surface area contributed by atoms with Crippen LogP contribution in [-0.4, -0.2) is 67.3 Å². The first-order valence-electron chi connectivity index (χ1n) is 13.9. The normalized spacial score (nSPS) is 17.4. The first kappa shape index (κ1) is 31.7. The van der Waals surface area contributed by atoms with Gasteiger partial charge in [-0.05, 0) is 51.9 Å². The molecule has 2 atom stereocenters. The highest BCUT2D eigenvalue weighted by atomic mass is 35.5. The van der Waals surface area contributed by atoms with Crippen molar-refractivity contribution in [3.8, 4) is 5.75 Å². The molecule has 1 unspecified atom stereocenters. The summed E-state index contributed by atoms with van der Waals surface area (Å²) in [4.78, 5) is 16.7. The van der Waals surface area contributed by atoms with Crippen LogP contribution in [0.5, 0.6) is 5.75 Å². The number of oxime groups is 1. The number of benzene rings is 1. The number of aromatic nitrogens is 4. The first-order chi connectivity index (χ1) is 19.9. The number of hydrogen-bond donors (Lipinski definition) is 1. The van der Waals surface area contributed by atoms with Crippen molar-refractivity contribution in [3.63, 3.8) is 0 Å². The lowest BCUT2D eigenvalue weighted by Crippen LogP contribution is -2.25. The minimum absolute atomic E-state index is 0.0625. The quantitative estimate of drug-likeness (QED) is 0.242. The van der Waals surface area contributed by atoms with Crippen LogP contribution in [0.1, 0.15) is 75.2 Å². The summed E-state index contributed by atoms with van der Waals surface area (Å²) >= 11 is 6.79. The second kappa shape index (κ2) is 13.4. The minimum Gasteiger partial charge on any atom is -0.492 e. The fourth-order valence-electron chi connectivity index (χ4n) is 4.85. The van der Waals surface area contributed by atoms with Gasteiger partial charge in [0.25, 0.3) is 0 Å². The van der Waals surface area contributed by atoms with E-state index in [0.717, 1.165) is 36.9 Å². The largest absolute Gasteiger partial charge is 0.492 e. The second-order valence-corrected chi connectivity index (χ2v) is 11.0. The lowest BCUT2D eigenvalue weighted by molar-refractivity contribution is -0.146. The predicted octanol–water partition coefficient (Wildman–Crippen LogP) is 5.88. The zero-order valence-corrected chi connectivity index (χ0v) is 24.9. The van der Waals surface area contributed by atoms with Crippen molar-refractivity contribution >= 4 is 17.3 Å². The maximum Gasteiger partial charge on any atom is 0.433 e. The third-order valence-corrected chi connectivity index (χ3v) is 7.50. The van der Waals surface area contributed by atoms with E-state index < -0.39 is 29.5 Å². The van der Waals surface area contributed by atoms with Gasteiger partial charge in [0.1, 0.15) is 28.9 Å². The van der Waals surface area contributed by atoms with Crippen LogP contribution < -0.4 is 4.74 Å². The molecule has 1 aliphatic heterocycles. The third-order valence-electron chi connectivity index (χ3n) is 7.11. The monoisotopic (exact) mass is 608 g/mol. The predicted molar refractivity (Wildman–Crippen MR) is 153 cm³/mol. The minimum atomic E-state index is -4.75. The fraction of sp³-hybridized carbons (Fsp3) is 0.517. The van der Waals surface area contributed by atoms with Crippen LogP contribution >= 0.6 is 11.6 Å². The van der Waals surface area contributed by atoms with E-state index in [9.17, 15) is 18.3 Å². The Morgan fingerprint density at radius 1 is 1.12 bits per heavy atom. The van der Waals surface area contributed by atoms with E-state index in [0.29, 0.717) is 17.9 Å². The van der Waals surface area contributed by atoms with Crippen molar-refractivity contribution in [1.82, 2.24) is 24.6 Å². The molecular weight excluding hydrogens is 573 g/mol. The first-order valence-corrected chi connectivity index (χ1v) is 14.3. The van der Waals surface area contributed by atoms with E-state index in [-0.39, 0.29) is 35.1 Å². The molecule has 0 saturated heterocycles. The number of nitrogens with zero attached hydrogens (tertiary/aromatic N) is 6. The Hall–Kier alpha value is -3.22. The van der Waals surface area contributed by atoms with Gasteiger partial charge in [-0.15, -0.1) is 0 Å². The Kier molecular flexibility index (Phi) is 10.1. The molecular formula is C29H36ClF3N6O3. The Labute approximate surface area is 248 Å². The molecule has 42 heavy (non-hydrogen) atoms. The number of alkyl halides is 3. The number of rotatable bonds is 13. The zero-order chi connectivity index (χ0) is 30.5. The number of ether oxygens (including phenoxy) is 1. The van der Waals surface area contributed by atoms with E-state index in [1.165, 1.54) is 26.2 Å². The van der Waals surface area contributed by atoms with Gasteiger partial charge >= 0.3 is 6.18 Å². The number of hydrogen-bond acceptors (Lipinski definition) is 8. The molecule has 0 amide bonds. The van der Waals surface area contributed by atoms with Crippen molar-refractivity contribution < 1.29 is 27.9 Å². The molecule has 0 radical (unpaired) electrons. The second-order valence-electron chi connectivity index (χ2n) is 10.7. The van der Waals surface area contributed by atoms with Crippen LogP contribution in [0.25, 0.3) is 0 Å². The Bertz CT molecular complexity index is 1360. The molecule has 3 heterocycles. The molecule has 2 aromatic heterocycles.